The van der Waals surface area contributed by atoms with Crippen LogP contribution in [0.3, 0.4) is 0 Å². The smallest absolute Gasteiger partial charge is 0.150 e. The summed E-state index contributed by atoms with van der Waals surface area (Å²) in [4.78, 5) is 10.6. The first-order valence-electron chi connectivity index (χ1n) is 19.3. The normalized spacial score (nSPS) is 11.4. The molecular weight excluding hydrogens is 660 g/mol. The zero-order valence-electron chi connectivity index (χ0n) is 31.7. The second kappa shape index (κ2) is 41.1. The lowest BCUT2D eigenvalue weighted by Gasteiger charge is -2.09. The molecule has 0 aromatic heterocycles. The molecule has 1 aromatic carbocycles. The van der Waals surface area contributed by atoms with Gasteiger partial charge in [-0.25, -0.2) is 0 Å². The van der Waals surface area contributed by atoms with Crippen LogP contribution in [0.4, 0.5) is 0 Å². The first kappa shape index (κ1) is 47.3. The summed E-state index contributed by atoms with van der Waals surface area (Å²) >= 11 is 0. The van der Waals surface area contributed by atoms with Crippen LogP contribution in [-0.4, -0.2) is 145 Å². The van der Waals surface area contributed by atoms with Gasteiger partial charge in [0.1, 0.15) is 18.6 Å². The van der Waals surface area contributed by atoms with Gasteiger partial charge < -0.3 is 52.1 Å². The van der Waals surface area contributed by atoms with Crippen LogP contribution in [0, 0.1) is 0 Å². The van der Waals surface area contributed by atoms with Gasteiger partial charge >= 0.3 is 0 Å². The summed E-state index contributed by atoms with van der Waals surface area (Å²) < 4.78 is 60.7. The van der Waals surface area contributed by atoms with Crippen molar-refractivity contribution < 1.29 is 56.9 Å². The molecular formula is C39H70O12. The van der Waals surface area contributed by atoms with Crippen molar-refractivity contribution in [2.75, 3.05) is 139 Å². The van der Waals surface area contributed by atoms with Crippen LogP contribution >= 0.6 is 0 Å². The summed E-state index contributed by atoms with van der Waals surface area (Å²) in [6.45, 7) is 13.5. The molecule has 0 saturated heterocycles. The molecule has 0 amide bonds. The molecule has 0 spiro atoms. The van der Waals surface area contributed by atoms with E-state index in [1.165, 1.54) is 57.8 Å². The van der Waals surface area contributed by atoms with Gasteiger partial charge in [-0.15, -0.1) is 0 Å². The molecule has 0 bridgehead atoms. The molecule has 298 valence electrons. The first-order valence-corrected chi connectivity index (χ1v) is 19.3. The van der Waals surface area contributed by atoms with Crippen molar-refractivity contribution in [1.29, 1.82) is 0 Å². The van der Waals surface area contributed by atoms with Crippen LogP contribution in [0.25, 0.3) is 0 Å². The highest BCUT2D eigenvalue weighted by molar-refractivity contribution is 5.74. The molecule has 0 atom stereocenters. The second-order valence-electron chi connectivity index (χ2n) is 11.8. The van der Waals surface area contributed by atoms with E-state index in [9.17, 15) is 4.79 Å². The van der Waals surface area contributed by atoms with Crippen molar-refractivity contribution in [1.82, 2.24) is 0 Å². The Morgan fingerprint density at radius 2 is 0.627 bits per heavy atom. The van der Waals surface area contributed by atoms with Gasteiger partial charge in [0.15, 0.2) is 0 Å². The zero-order valence-corrected chi connectivity index (χ0v) is 31.7. The van der Waals surface area contributed by atoms with Gasteiger partial charge in [0.25, 0.3) is 0 Å². The number of carbonyl (C=O) groups is 1. The van der Waals surface area contributed by atoms with Crippen LogP contribution in [0.1, 0.15) is 81.5 Å². The van der Waals surface area contributed by atoms with E-state index < -0.39 is 0 Å². The van der Waals surface area contributed by atoms with Crippen molar-refractivity contribution in [3.63, 3.8) is 0 Å². The van der Waals surface area contributed by atoms with Crippen LogP contribution in [0.5, 0.6) is 5.75 Å². The predicted molar refractivity (Wildman–Crippen MR) is 197 cm³/mol. The molecule has 0 unspecified atom stereocenters. The summed E-state index contributed by atoms with van der Waals surface area (Å²) in [6, 6.07) is 6.95. The van der Waals surface area contributed by atoms with E-state index in [2.05, 4.69) is 6.92 Å². The number of hydrogen-bond donors (Lipinski definition) is 0. The fraction of sp³-hybridized carbons (Fsp3) is 0.821. The standard InChI is InChI=1S/C39H70O12/c1-2-3-4-5-6-7-8-9-10-11-16-41-17-18-42-19-20-43-21-22-44-23-24-45-25-26-46-27-28-47-29-30-48-31-32-49-33-34-50-35-36-51-39-14-12-38(37-40)13-15-39/h12-15,37H,2-11,16-36H2,1H3. The lowest BCUT2D eigenvalue weighted by molar-refractivity contribution is -0.0267. The zero-order chi connectivity index (χ0) is 36.4. The molecule has 1 rings (SSSR count). The number of aldehydes is 1. The third-order valence-corrected chi connectivity index (χ3v) is 7.50. The largest absolute Gasteiger partial charge is 0.491 e. The lowest BCUT2D eigenvalue weighted by atomic mass is 10.1. The number of unbranched alkanes of at least 4 members (excludes halogenated alkanes) is 9. The minimum Gasteiger partial charge on any atom is -0.491 e. The Morgan fingerprint density at radius 1 is 0.353 bits per heavy atom. The molecule has 0 N–H and O–H groups in total. The molecule has 0 aliphatic rings. The maximum atomic E-state index is 10.6. The van der Waals surface area contributed by atoms with Crippen molar-refractivity contribution >= 4 is 6.29 Å². The van der Waals surface area contributed by atoms with E-state index >= 15 is 0 Å². The van der Waals surface area contributed by atoms with Crippen molar-refractivity contribution in [2.24, 2.45) is 0 Å². The van der Waals surface area contributed by atoms with Gasteiger partial charge in [-0.05, 0) is 30.7 Å². The van der Waals surface area contributed by atoms with E-state index in [0.29, 0.717) is 143 Å². The predicted octanol–water partition coefficient (Wildman–Crippen LogP) is 5.96. The molecule has 1 aromatic rings. The third-order valence-electron chi connectivity index (χ3n) is 7.50. The quantitative estimate of drug-likeness (QED) is 0.0583. The van der Waals surface area contributed by atoms with Crippen LogP contribution in [0.2, 0.25) is 0 Å². The Kier molecular flexibility index (Phi) is 38.1. The maximum absolute atomic E-state index is 10.6. The van der Waals surface area contributed by atoms with Gasteiger partial charge in [0.2, 0.25) is 0 Å². The molecule has 0 heterocycles. The lowest BCUT2D eigenvalue weighted by Crippen LogP contribution is -2.15. The molecule has 0 saturated carbocycles. The highest BCUT2D eigenvalue weighted by Crippen LogP contribution is 2.11. The minimum absolute atomic E-state index is 0.434. The van der Waals surface area contributed by atoms with Crippen molar-refractivity contribution in [3.05, 3.63) is 29.8 Å². The van der Waals surface area contributed by atoms with E-state index in [4.69, 9.17) is 52.1 Å². The number of rotatable bonds is 43. The second-order valence-corrected chi connectivity index (χ2v) is 11.8. The number of benzene rings is 1. The summed E-state index contributed by atoms with van der Waals surface area (Å²) in [5.74, 6) is 0.707. The Balaban J connectivity index is 1.62. The van der Waals surface area contributed by atoms with Gasteiger partial charge in [0, 0.05) is 12.2 Å². The molecule has 0 aliphatic carbocycles. The topological polar surface area (TPSA) is 119 Å². The maximum Gasteiger partial charge on any atom is 0.150 e. The molecule has 12 nitrogen and oxygen atoms in total. The summed E-state index contributed by atoms with van der Waals surface area (Å²) in [5.41, 5.74) is 0.621. The Morgan fingerprint density at radius 3 is 0.941 bits per heavy atom. The summed E-state index contributed by atoms with van der Waals surface area (Å²) in [5, 5.41) is 0. The highest BCUT2D eigenvalue weighted by Gasteiger charge is 1.98. The van der Waals surface area contributed by atoms with Gasteiger partial charge in [-0.1, -0.05) is 64.7 Å². The van der Waals surface area contributed by atoms with Gasteiger partial charge in [-0.3, -0.25) is 4.79 Å². The van der Waals surface area contributed by atoms with E-state index in [0.717, 1.165) is 19.3 Å². The fourth-order valence-electron chi connectivity index (χ4n) is 4.63. The Labute approximate surface area is 308 Å². The Hall–Kier alpha value is -1.71. The monoisotopic (exact) mass is 730 g/mol. The molecule has 0 fully saturated rings. The molecule has 51 heavy (non-hydrogen) atoms. The van der Waals surface area contributed by atoms with Crippen molar-refractivity contribution in [2.45, 2.75) is 71.1 Å². The number of hydrogen-bond acceptors (Lipinski definition) is 12. The Bertz CT molecular complexity index is 814. The SMILES string of the molecule is CCCCCCCCCCCCOCCOCCOCCOCCOCCOCCOCCOCCOCCOCCOc1ccc(C=O)cc1. The number of ether oxygens (including phenoxy) is 11. The van der Waals surface area contributed by atoms with E-state index in [-0.39, 0.29) is 0 Å². The molecule has 12 heteroatoms. The van der Waals surface area contributed by atoms with E-state index in [1.807, 2.05) is 0 Å². The number of carbonyl (C=O) groups excluding carboxylic acids is 1. The third kappa shape index (κ3) is 36.4. The average molecular weight is 731 g/mol. The summed E-state index contributed by atoms with van der Waals surface area (Å²) in [7, 11) is 0. The van der Waals surface area contributed by atoms with Crippen molar-refractivity contribution in [3.8, 4) is 5.75 Å². The molecule has 0 radical (unpaired) electrons. The minimum atomic E-state index is 0.434. The van der Waals surface area contributed by atoms with Crippen LogP contribution in [0.15, 0.2) is 24.3 Å². The molecule has 0 aliphatic heterocycles. The average Bonchev–Trinajstić information content (AvgIpc) is 3.15. The summed E-state index contributed by atoms with van der Waals surface area (Å²) in [6.07, 6.45) is 14.2. The van der Waals surface area contributed by atoms with Gasteiger partial charge in [0.05, 0.1) is 126 Å². The van der Waals surface area contributed by atoms with Gasteiger partial charge in [-0.2, -0.15) is 0 Å². The van der Waals surface area contributed by atoms with Crippen LogP contribution in [-0.2, 0) is 47.4 Å². The first-order chi connectivity index (χ1) is 25.4. The fourth-order valence-corrected chi connectivity index (χ4v) is 4.63. The van der Waals surface area contributed by atoms with Crippen LogP contribution < -0.4 is 4.74 Å². The van der Waals surface area contributed by atoms with E-state index in [1.54, 1.807) is 24.3 Å². The highest BCUT2D eigenvalue weighted by atomic mass is 16.6.